The molecule has 0 aliphatic carbocycles. The minimum atomic E-state index is -0.360. The van der Waals surface area contributed by atoms with E-state index in [0.717, 1.165) is 21.7 Å². The second kappa shape index (κ2) is 6.42. The maximum Gasteiger partial charge on any atom is 0.257 e. The molecule has 0 unspecified atom stereocenters. The highest BCUT2D eigenvalue weighted by atomic mass is 16.7. The largest absolute Gasteiger partial charge is 0.454 e. The average molecular weight is 372 g/mol. The lowest BCUT2D eigenvalue weighted by atomic mass is 10.0. The topological polar surface area (TPSA) is 84.6 Å². The van der Waals surface area contributed by atoms with Crippen LogP contribution in [0.25, 0.3) is 21.7 Å². The van der Waals surface area contributed by atoms with E-state index in [9.17, 15) is 4.79 Å². The minimum Gasteiger partial charge on any atom is -0.454 e. The SMILES string of the molecule is N=c1oc2ccc3ccccc3c2cc1C(=O)NCc1ccc2c(c1)OCO2. The summed E-state index contributed by atoms with van der Waals surface area (Å²) in [6.45, 7) is 0.516. The molecule has 0 radical (unpaired) electrons. The zero-order valence-corrected chi connectivity index (χ0v) is 14.8. The monoisotopic (exact) mass is 372 g/mol. The van der Waals surface area contributed by atoms with Gasteiger partial charge in [-0.3, -0.25) is 10.2 Å². The molecule has 0 bridgehead atoms. The molecule has 4 aromatic rings. The zero-order valence-electron chi connectivity index (χ0n) is 14.8. The van der Waals surface area contributed by atoms with E-state index in [1.54, 1.807) is 6.07 Å². The molecule has 3 aromatic carbocycles. The zero-order chi connectivity index (χ0) is 19.1. The van der Waals surface area contributed by atoms with Crippen molar-refractivity contribution in [3.05, 3.63) is 77.3 Å². The van der Waals surface area contributed by atoms with Crippen molar-refractivity contribution in [1.82, 2.24) is 5.32 Å². The lowest BCUT2D eigenvalue weighted by Crippen LogP contribution is -2.27. The van der Waals surface area contributed by atoms with Gasteiger partial charge in [-0.15, -0.1) is 0 Å². The Labute approximate surface area is 159 Å². The molecule has 2 heterocycles. The number of hydrogen-bond acceptors (Lipinski definition) is 5. The molecule has 0 saturated heterocycles. The average Bonchev–Trinajstić information content (AvgIpc) is 3.19. The Kier molecular flexibility index (Phi) is 3.76. The van der Waals surface area contributed by atoms with E-state index >= 15 is 0 Å². The third-order valence-electron chi connectivity index (χ3n) is 4.81. The first kappa shape index (κ1) is 16.4. The second-order valence-electron chi connectivity index (χ2n) is 6.56. The van der Waals surface area contributed by atoms with Crippen molar-refractivity contribution in [3.8, 4) is 11.5 Å². The molecular weight excluding hydrogens is 356 g/mol. The van der Waals surface area contributed by atoms with E-state index in [4.69, 9.17) is 19.3 Å². The number of nitrogens with one attached hydrogen (secondary N) is 2. The number of benzene rings is 3. The van der Waals surface area contributed by atoms with Crippen LogP contribution in [0, 0.1) is 5.41 Å². The van der Waals surface area contributed by atoms with Gasteiger partial charge in [-0.1, -0.05) is 36.4 Å². The number of ether oxygens (including phenoxy) is 2. The number of carbonyl (C=O) groups excluding carboxylic acids is 1. The molecule has 0 saturated carbocycles. The van der Waals surface area contributed by atoms with Gasteiger partial charge in [0.1, 0.15) is 11.1 Å². The van der Waals surface area contributed by atoms with Crippen LogP contribution in [0.1, 0.15) is 15.9 Å². The predicted molar refractivity (Wildman–Crippen MR) is 103 cm³/mol. The Hall–Kier alpha value is -3.80. The molecule has 0 atom stereocenters. The normalized spacial score (nSPS) is 12.4. The predicted octanol–water partition coefficient (Wildman–Crippen LogP) is 3.72. The van der Waals surface area contributed by atoms with Gasteiger partial charge in [-0.05, 0) is 40.6 Å². The number of amides is 1. The first-order valence-electron chi connectivity index (χ1n) is 8.86. The van der Waals surface area contributed by atoms with E-state index in [1.807, 2.05) is 54.6 Å². The molecule has 6 nitrogen and oxygen atoms in total. The van der Waals surface area contributed by atoms with Crippen LogP contribution in [0.3, 0.4) is 0 Å². The molecule has 28 heavy (non-hydrogen) atoms. The van der Waals surface area contributed by atoms with Crippen LogP contribution < -0.4 is 20.3 Å². The van der Waals surface area contributed by atoms with E-state index in [1.165, 1.54) is 0 Å². The summed E-state index contributed by atoms with van der Waals surface area (Å²) >= 11 is 0. The lowest BCUT2D eigenvalue weighted by molar-refractivity contribution is 0.0946. The molecule has 0 fully saturated rings. The Morgan fingerprint density at radius 1 is 0.964 bits per heavy atom. The van der Waals surface area contributed by atoms with Gasteiger partial charge in [-0.2, -0.15) is 0 Å². The highest BCUT2D eigenvalue weighted by Gasteiger charge is 2.15. The van der Waals surface area contributed by atoms with Gasteiger partial charge in [0.2, 0.25) is 12.3 Å². The van der Waals surface area contributed by atoms with Crippen molar-refractivity contribution in [1.29, 1.82) is 5.41 Å². The van der Waals surface area contributed by atoms with Gasteiger partial charge >= 0.3 is 0 Å². The maximum absolute atomic E-state index is 12.7. The first-order chi connectivity index (χ1) is 13.7. The molecule has 1 aromatic heterocycles. The number of rotatable bonds is 3. The van der Waals surface area contributed by atoms with Crippen molar-refractivity contribution < 1.29 is 18.7 Å². The van der Waals surface area contributed by atoms with E-state index in [0.29, 0.717) is 23.6 Å². The second-order valence-corrected chi connectivity index (χ2v) is 6.56. The van der Waals surface area contributed by atoms with Crippen LogP contribution >= 0.6 is 0 Å². The third kappa shape index (κ3) is 2.75. The summed E-state index contributed by atoms with van der Waals surface area (Å²) in [4.78, 5) is 12.7. The lowest BCUT2D eigenvalue weighted by Gasteiger charge is -2.08. The molecule has 6 heteroatoms. The highest BCUT2D eigenvalue weighted by Crippen LogP contribution is 2.32. The Bertz CT molecular complexity index is 1290. The van der Waals surface area contributed by atoms with E-state index in [-0.39, 0.29) is 23.8 Å². The van der Waals surface area contributed by atoms with E-state index < -0.39 is 0 Å². The van der Waals surface area contributed by atoms with Crippen molar-refractivity contribution in [2.75, 3.05) is 6.79 Å². The van der Waals surface area contributed by atoms with Gasteiger partial charge in [0.15, 0.2) is 11.5 Å². The molecule has 138 valence electrons. The van der Waals surface area contributed by atoms with Crippen LogP contribution in [-0.4, -0.2) is 12.7 Å². The minimum absolute atomic E-state index is 0.161. The molecular formula is C22H16N2O4. The fourth-order valence-electron chi connectivity index (χ4n) is 3.39. The van der Waals surface area contributed by atoms with Gasteiger partial charge in [0, 0.05) is 11.9 Å². The van der Waals surface area contributed by atoms with Crippen molar-refractivity contribution in [2.45, 2.75) is 6.54 Å². The Balaban J connectivity index is 1.46. The fourth-order valence-corrected chi connectivity index (χ4v) is 3.39. The van der Waals surface area contributed by atoms with Crippen molar-refractivity contribution in [3.63, 3.8) is 0 Å². The summed E-state index contributed by atoms with van der Waals surface area (Å²) in [6, 6.07) is 18.9. The molecule has 1 aliphatic heterocycles. The van der Waals surface area contributed by atoms with E-state index in [2.05, 4.69) is 5.32 Å². The summed E-state index contributed by atoms with van der Waals surface area (Å²) in [7, 11) is 0. The number of hydrogen-bond donors (Lipinski definition) is 2. The smallest absolute Gasteiger partial charge is 0.257 e. The maximum atomic E-state index is 12.7. The summed E-state index contributed by atoms with van der Waals surface area (Å²) in [6.07, 6.45) is 0. The highest BCUT2D eigenvalue weighted by molar-refractivity contribution is 6.07. The summed E-state index contributed by atoms with van der Waals surface area (Å²) < 4.78 is 16.3. The van der Waals surface area contributed by atoms with Crippen LogP contribution in [0.5, 0.6) is 11.5 Å². The summed E-state index contributed by atoms with van der Waals surface area (Å²) in [5.41, 5.74) is 1.50. The van der Waals surface area contributed by atoms with Crippen LogP contribution in [0.15, 0.2) is 65.1 Å². The molecule has 2 N–H and O–H groups in total. The molecule has 0 spiro atoms. The van der Waals surface area contributed by atoms with Crippen LogP contribution in [-0.2, 0) is 6.54 Å². The Morgan fingerprint density at radius 3 is 2.75 bits per heavy atom. The van der Waals surface area contributed by atoms with Crippen LogP contribution in [0.2, 0.25) is 0 Å². The third-order valence-corrected chi connectivity index (χ3v) is 4.81. The number of fused-ring (bicyclic) bond motifs is 4. The van der Waals surface area contributed by atoms with Crippen molar-refractivity contribution in [2.24, 2.45) is 0 Å². The quantitative estimate of drug-likeness (QED) is 0.537. The first-order valence-corrected chi connectivity index (χ1v) is 8.86. The number of carbonyl (C=O) groups is 1. The molecule has 1 aliphatic rings. The molecule has 1 amide bonds. The standard InChI is InChI=1S/C22H16N2O4/c23-21-17(10-16-15-4-2-1-3-14(15)6-8-18(16)28-21)22(25)24-11-13-5-7-19-20(9-13)27-12-26-19/h1-10,23H,11-12H2,(H,24,25). The van der Waals surface area contributed by atoms with Gasteiger partial charge < -0.3 is 19.2 Å². The van der Waals surface area contributed by atoms with Crippen molar-refractivity contribution >= 4 is 27.6 Å². The fraction of sp³-hybridized carbons (Fsp3) is 0.0909. The summed E-state index contributed by atoms with van der Waals surface area (Å²) in [5.74, 6) is 1.00. The van der Waals surface area contributed by atoms with Gasteiger partial charge in [0.25, 0.3) is 5.91 Å². The van der Waals surface area contributed by atoms with Gasteiger partial charge in [-0.25, -0.2) is 0 Å². The Morgan fingerprint density at radius 2 is 1.82 bits per heavy atom. The van der Waals surface area contributed by atoms with Crippen LogP contribution in [0.4, 0.5) is 0 Å². The molecule has 5 rings (SSSR count). The summed E-state index contributed by atoms with van der Waals surface area (Å²) in [5, 5.41) is 13.8. The van der Waals surface area contributed by atoms with Gasteiger partial charge in [0.05, 0.1) is 0 Å².